The number of benzene rings is 2. The predicted octanol–water partition coefficient (Wildman–Crippen LogP) is 2.64. The van der Waals surface area contributed by atoms with Crippen molar-refractivity contribution in [2.24, 2.45) is 0 Å². The van der Waals surface area contributed by atoms with Crippen molar-refractivity contribution < 1.29 is 0 Å². The standard InChI is InChI=1S/C21H18N8OS/c1-14-20(30)28(18-10-6-5-9-17(18)22-14)12-15-11-27(26-23-15)13-19-24-25-21(31)29(19)16-7-3-2-4-8-16/h2-11H,12-13H2,1H3,(H,25,31). The molecule has 0 aliphatic carbocycles. The van der Waals surface area contributed by atoms with Gasteiger partial charge in [0.05, 0.1) is 23.8 Å². The third-order valence-corrected chi connectivity index (χ3v) is 5.26. The predicted molar refractivity (Wildman–Crippen MR) is 118 cm³/mol. The van der Waals surface area contributed by atoms with Gasteiger partial charge in [0.25, 0.3) is 5.56 Å². The summed E-state index contributed by atoms with van der Waals surface area (Å²) in [4.78, 5) is 17.1. The van der Waals surface area contributed by atoms with E-state index in [2.05, 4.69) is 25.5 Å². The first kappa shape index (κ1) is 19.1. The molecule has 5 rings (SSSR count). The first-order valence-electron chi connectivity index (χ1n) is 9.67. The van der Waals surface area contributed by atoms with Gasteiger partial charge in [-0.1, -0.05) is 35.5 Å². The number of aryl methyl sites for hydroxylation is 1. The van der Waals surface area contributed by atoms with Crippen molar-refractivity contribution in [1.82, 2.24) is 39.3 Å². The normalized spacial score (nSPS) is 11.3. The Kier molecular flexibility index (Phi) is 4.75. The molecule has 0 spiro atoms. The van der Waals surface area contributed by atoms with E-state index in [0.717, 1.165) is 16.7 Å². The topological polar surface area (TPSA) is 99.2 Å². The van der Waals surface area contributed by atoms with Crippen LogP contribution in [0.5, 0.6) is 0 Å². The molecule has 0 radical (unpaired) electrons. The average Bonchev–Trinajstić information content (AvgIpc) is 3.38. The van der Waals surface area contributed by atoms with Crippen LogP contribution in [0.4, 0.5) is 0 Å². The fraction of sp³-hybridized carbons (Fsp3) is 0.143. The lowest BCUT2D eigenvalue weighted by atomic mass is 10.2. The van der Waals surface area contributed by atoms with E-state index >= 15 is 0 Å². The van der Waals surface area contributed by atoms with Crippen molar-refractivity contribution in [3.8, 4) is 5.69 Å². The molecule has 3 aromatic heterocycles. The number of hydrogen-bond donors (Lipinski definition) is 1. The first-order valence-corrected chi connectivity index (χ1v) is 10.1. The minimum Gasteiger partial charge on any atom is -0.299 e. The molecular formula is C21H18N8OS. The van der Waals surface area contributed by atoms with Crippen LogP contribution in [0, 0.1) is 11.7 Å². The molecule has 0 aliphatic heterocycles. The fourth-order valence-corrected chi connectivity index (χ4v) is 3.81. The molecule has 0 saturated heterocycles. The summed E-state index contributed by atoms with van der Waals surface area (Å²) < 4.78 is 5.72. The van der Waals surface area contributed by atoms with Gasteiger partial charge in [-0.05, 0) is 43.4 Å². The van der Waals surface area contributed by atoms with Gasteiger partial charge in [-0.2, -0.15) is 5.10 Å². The van der Waals surface area contributed by atoms with E-state index in [4.69, 9.17) is 12.2 Å². The zero-order valence-corrected chi connectivity index (χ0v) is 17.5. The monoisotopic (exact) mass is 430 g/mol. The molecule has 2 aromatic carbocycles. The van der Waals surface area contributed by atoms with E-state index in [9.17, 15) is 4.79 Å². The number of aromatic nitrogens is 8. The Labute approximate surface area is 181 Å². The fourth-order valence-electron chi connectivity index (χ4n) is 3.55. The van der Waals surface area contributed by atoms with Crippen LogP contribution in [0.3, 0.4) is 0 Å². The van der Waals surface area contributed by atoms with E-state index in [1.54, 1.807) is 16.2 Å². The minimum atomic E-state index is -0.141. The van der Waals surface area contributed by atoms with Crippen molar-refractivity contribution >= 4 is 23.3 Å². The van der Waals surface area contributed by atoms with Gasteiger partial charge in [0.2, 0.25) is 0 Å². The van der Waals surface area contributed by atoms with Crippen molar-refractivity contribution in [2.75, 3.05) is 0 Å². The molecule has 0 unspecified atom stereocenters. The van der Waals surface area contributed by atoms with Crippen molar-refractivity contribution in [1.29, 1.82) is 0 Å². The minimum absolute atomic E-state index is 0.141. The molecule has 10 heteroatoms. The maximum absolute atomic E-state index is 12.7. The Morgan fingerprint density at radius 2 is 1.81 bits per heavy atom. The third kappa shape index (κ3) is 3.57. The van der Waals surface area contributed by atoms with Crippen molar-refractivity contribution in [2.45, 2.75) is 20.0 Å². The molecule has 0 aliphatic rings. The Morgan fingerprint density at radius 3 is 2.65 bits per heavy atom. The highest BCUT2D eigenvalue weighted by molar-refractivity contribution is 7.71. The molecule has 0 amide bonds. The van der Waals surface area contributed by atoms with Gasteiger partial charge in [0.15, 0.2) is 10.6 Å². The number of nitrogens with one attached hydrogen (secondary N) is 1. The molecule has 3 heterocycles. The zero-order chi connectivity index (χ0) is 21.4. The van der Waals surface area contributed by atoms with Crippen LogP contribution >= 0.6 is 12.2 Å². The van der Waals surface area contributed by atoms with Gasteiger partial charge < -0.3 is 0 Å². The lowest BCUT2D eigenvalue weighted by Crippen LogP contribution is -2.24. The van der Waals surface area contributed by atoms with Crippen LogP contribution in [0.2, 0.25) is 0 Å². The van der Waals surface area contributed by atoms with Crippen LogP contribution in [0.1, 0.15) is 17.2 Å². The van der Waals surface area contributed by atoms with Crippen LogP contribution in [0.25, 0.3) is 16.7 Å². The first-order chi connectivity index (χ1) is 15.1. The molecule has 0 saturated carbocycles. The van der Waals surface area contributed by atoms with Gasteiger partial charge in [0, 0.05) is 5.69 Å². The van der Waals surface area contributed by atoms with Crippen LogP contribution < -0.4 is 5.56 Å². The highest BCUT2D eigenvalue weighted by Crippen LogP contribution is 2.13. The van der Waals surface area contributed by atoms with Gasteiger partial charge in [-0.25, -0.2) is 9.67 Å². The Morgan fingerprint density at radius 1 is 1.03 bits per heavy atom. The molecule has 0 fully saturated rings. The quantitative estimate of drug-likeness (QED) is 0.431. The second-order valence-corrected chi connectivity index (χ2v) is 7.49. The van der Waals surface area contributed by atoms with E-state index < -0.39 is 0 Å². The molecule has 154 valence electrons. The smallest absolute Gasteiger partial charge is 0.272 e. The third-order valence-electron chi connectivity index (χ3n) is 4.98. The molecular weight excluding hydrogens is 412 g/mol. The lowest BCUT2D eigenvalue weighted by molar-refractivity contribution is 0.615. The van der Waals surface area contributed by atoms with E-state index in [1.807, 2.05) is 65.4 Å². The number of para-hydroxylation sites is 3. The van der Waals surface area contributed by atoms with Gasteiger partial charge >= 0.3 is 0 Å². The highest BCUT2D eigenvalue weighted by Gasteiger charge is 2.13. The number of fused-ring (bicyclic) bond motifs is 1. The van der Waals surface area contributed by atoms with E-state index in [0.29, 0.717) is 35.1 Å². The van der Waals surface area contributed by atoms with Crippen molar-refractivity contribution in [3.63, 3.8) is 0 Å². The largest absolute Gasteiger partial charge is 0.299 e. The summed E-state index contributed by atoms with van der Waals surface area (Å²) in [6.07, 6.45) is 1.81. The van der Waals surface area contributed by atoms with Gasteiger partial charge in [-0.3, -0.25) is 19.0 Å². The SMILES string of the molecule is Cc1nc2ccccc2n(Cc2cn(Cc3n[nH]c(=S)n3-c3ccccc3)nn2)c1=O. The van der Waals surface area contributed by atoms with E-state index in [-0.39, 0.29) is 5.56 Å². The lowest BCUT2D eigenvalue weighted by Gasteiger charge is -2.09. The Hall–Kier alpha value is -3.92. The number of H-pyrrole nitrogens is 1. The van der Waals surface area contributed by atoms with E-state index in [1.165, 1.54) is 0 Å². The zero-order valence-electron chi connectivity index (χ0n) is 16.6. The summed E-state index contributed by atoms with van der Waals surface area (Å²) in [5.74, 6) is 0.704. The molecule has 9 nitrogen and oxygen atoms in total. The molecule has 5 aromatic rings. The Bertz CT molecular complexity index is 1500. The van der Waals surface area contributed by atoms with Crippen molar-refractivity contribution in [3.05, 3.63) is 93.1 Å². The molecule has 1 N–H and O–H groups in total. The summed E-state index contributed by atoms with van der Waals surface area (Å²) in [6.45, 7) is 2.39. The maximum atomic E-state index is 12.7. The number of nitrogens with zero attached hydrogens (tertiary/aromatic N) is 7. The summed E-state index contributed by atoms with van der Waals surface area (Å²) in [5, 5.41) is 15.7. The number of rotatable bonds is 5. The second kappa shape index (κ2) is 7.73. The van der Waals surface area contributed by atoms with Gasteiger partial charge in [-0.15, -0.1) is 5.10 Å². The summed E-state index contributed by atoms with van der Waals surface area (Å²) in [5.41, 5.74) is 3.42. The number of aromatic amines is 1. The summed E-state index contributed by atoms with van der Waals surface area (Å²) in [7, 11) is 0. The maximum Gasteiger partial charge on any atom is 0.272 e. The summed E-state index contributed by atoms with van der Waals surface area (Å²) >= 11 is 5.39. The van der Waals surface area contributed by atoms with Crippen LogP contribution in [0.15, 0.2) is 65.6 Å². The highest BCUT2D eigenvalue weighted by atomic mass is 32.1. The van der Waals surface area contributed by atoms with Gasteiger partial charge in [0.1, 0.15) is 17.9 Å². The second-order valence-electron chi connectivity index (χ2n) is 7.10. The summed E-state index contributed by atoms with van der Waals surface area (Å²) in [6, 6.07) is 17.3. The van der Waals surface area contributed by atoms with Crippen LogP contribution in [-0.2, 0) is 13.1 Å². The molecule has 0 atom stereocenters. The number of hydrogen-bond acceptors (Lipinski definition) is 6. The molecule has 0 bridgehead atoms. The molecule has 31 heavy (non-hydrogen) atoms. The Balaban J connectivity index is 1.46. The average molecular weight is 430 g/mol. The van der Waals surface area contributed by atoms with Crippen LogP contribution in [-0.4, -0.2) is 39.3 Å².